The second-order valence-electron chi connectivity index (χ2n) is 6.33. The number of benzene rings is 1. The Morgan fingerprint density at radius 1 is 1.21 bits per heavy atom. The molecule has 142 valence electrons. The number of nitrogens with one attached hydrogen (secondary N) is 1. The Kier molecular flexibility index (Phi) is 5.45. The number of fused-ring (bicyclic) bond motifs is 1. The van der Waals surface area contributed by atoms with Gasteiger partial charge in [0.05, 0.1) is 18.1 Å². The van der Waals surface area contributed by atoms with Gasteiger partial charge >= 0.3 is 0 Å². The number of carbonyl (C=O) groups is 1. The zero-order chi connectivity index (χ0) is 19.5. The maximum Gasteiger partial charge on any atom is 0.233 e. The molecule has 4 rings (SSSR count). The van der Waals surface area contributed by atoms with Gasteiger partial charge in [-0.15, -0.1) is 11.3 Å². The molecule has 1 aromatic carbocycles. The summed E-state index contributed by atoms with van der Waals surface area (Å²) in [6.07, 6.45) is 1.60. The quantitative estimate of drug-likeness (QED) is 0.356. The lowest BCUT2D eigenvalue weighted by Gasteiger charge is -2.11. The lowest BCUT2D eigenvalue weighted by molar-refractivity contribution is -0.120. The van der Waals surface area contributed by atoms with E-state index in [1.807, 2.05) is 38.1 Å². The number of amides is 1. The summed E-state index contributed by atoms with van der Waals surface area (Å²) in [5.41, 5.74) is 1.16. The van der Waals surface area contributed by atoms with Crippen molar-refractivity contribution in [3.8, 4) is 10.4 Å². The third kappa shape index (κ3) is 4.10. The number of thioether (sulfide) groups is 1. The minimum atomic E-state index is -0.285. The molecule has 7 heteroatoms. The van der Waals surface area contributed by atoms with Crippen LogP contribution in [0.5, 0.6) is 0 Å². The Morgan fingerprint density at radius 2 is 2.04 bits per heavy atom. The highest BCUT2D eigenvalue weighted by molar-refractivity contribution is 8.00. The summed E-state index contributed by atoms with van der Waals surface area (Å²) in [6.45, 7) is 4.15. The molecule has 1 unspecified atom stereocenters. The molecule has 0 fully saturated rings. The van der Waals surface area contributed by atoms with Crippen LogP contribution in [-0.4, -0.2) is 21.1 Å². The third-order valence-electron chi connectivity index (χ3n) is 4.20. The van der Waals surface area contributed by atoms with Gasteiger partial charge in [-0.25, -0.2) is 9.97 Å². The lowest BCUT2D eigenvalue weighted by atomic mass is 10.2. The maximum atomic E-state index is 12.5. The van der Waals surface area contributed by atoms with Gasteiger partial charge < -0.3 is 9.73 Å². The molecule has 1 atom stereocenters. The molecule has 4 aromatic rings. The monoisotopic (exact) mass is 409 g/mol. The van der Waals surface area contributed by atoms with E-state index in [0.717, 1.165) is 31.4 Å². The molecule has 28 heavy (non-hydrogen) atoms. The molecule has 1 N–H and O–H groups in total. The molecule has 0 saturated heterocycles. The number of aryl methyl sites for hydroxylation is 1. The Morgan fingerprint density at radius 3 is 2.79 bits per heavy atom. The summed E-state index contributed by atoms with van der Waals surface area (Å²) in [6, 6.07) is 16.0. The van der Waals surface area contributed by atoms with Crippen molar-refractivity contribution in [1.82, 2.24) is 15.3 Å². The molecule has 0 aliphatic heterocycles. The molecular formula is C21H19N3O2S2. The molecule has 3 aromatic heterocycles. The van der Waals surface area contributed by atoms with Gasteiger partial charge in [-0.3, -0.25) is 4.79 Å². The average Bonchev–Trinajstić information content (AvgIpc) is 3.36. The first-order valence-electron chi connectivity index (χ1n) is 8.90. The Hall–Kier alpha value is -2.64. The molecule has 0 bridgehead atoms. The predicted molar refractivity (Wildman–Crippen MR) is 113 cm³/mol. The normalized spacial score (nSPS) is 12.2. The SMILES string of the molecule is Cc1nc(SC(C)C(=O)NCc2ccco2)c2cc(-c3ccccc3)sc2n1. The van der Waals surface area contributed by atoms with Gasteiger partial charge in [0.25, 0.3) is 0 Å². The summed E-state index contributed by atoms with van der Waals surface area (Å²) in [4.78, 5) is 23.7. The summed E-state index contributed by atoms with van der Waals surface area (Å²) < 4.78 is 5.26. The minimum Gasteiger partial charge on any atom is -0.467 e. The van der Waals surface area contributed by atoms with E-state index in [9.17, 15) is 4.79 Å². The van der Waals surface area contributed by atoms with E-state index in [-0.39, 0.29) is 11.2 Å². The zero-order valence-electron chi connectivity index (χ0n) is 15.5. The zero-order valence-corrected chi connectivity index (χ0v) is 17.1. The number of furan rings is 1. The van der Waals surface area contributed by atoms with Crippen molar-refractivity contribution in [3.63, 3.8) is 0 Å². The van der Waals surface area contributed by atoms with Crippen molar-refractivity contribution in [3.05, 3.63) is 66.4 Å². The first-order chi connectivity index (χ1) is 13.6. The minimum absolute atomic E-state index is 0.0515. The van der Waals surface area contributed by atoms with Crippen LogP contribution in [0.3, 0.4) is 0 Å². The molecule has 0 aliphatic carbocycles. The lowest BCUT2D eigenvalue weighted by Crippen LogP contribution is -2.30. The van der Waals surface area contributed by atoms with Gasteiger partial charge in [0.2, 0.25) is 5.91 Å². The summed E-state index contributed by atoms with van der Waals surface area (Å²) in [5.74, 6) is 1.39. The molecule has 1 amide bonds. The molecule has 5 nitrogen and oxygen atoms in total. The molecule has 0 spiro atoms. The summed E-state index contributed by atoms with van der Waals surface area (Å²) in [5, 5.41) is 4.45. The fourth-order valence-electron chi connectivity index (χ4n) is 2.78. The average molecular weight is 410 g/mol. The number of hydrogen-bond acceptors (Lipinski definition) is 6. The van der Waals surface area contributed by atoms with Gasteiger partial charge in [0.1, 0.15) is 21.4 Å². The fourth-order valence-corrected chi connectivity index (χ4v) is 4.92. The van der Waals surface area contributed by atoms with Crippen LogP contribution in [0, 0.1) is 6.92 Å². The Bertz CT molecular complexity index is 1090. The first-order valence-corrected chi connectivity index (χ1v) is 10.6. The van der Waals surface area contributed by atoms with Crippen LogP contribution in [0.15, 0.2) is 64.2 Å². The van der Waals surface area contributed by atoms with E-state index in [4.69, 9.17) is 4.42 Å². The van der Waals surface area contributed by atoms with E-state index >= 15 is 0 Å². The van der Waals surface area contributed by atoms with Crippen LogP contribution in [0.1, 0.15) is 18.5 Å². The molecule has 0 aliphatic rings. The van der Waals surface area contributed by atoms with Gasteiger partial charge in [-0.1, -0.05) is 42.1 Å². The van der Waals surface area contributed by atoms with Crippen molar-refractivity contribution >= 4 is 39.2 Å². The van der Waals surface area contributed by atoms with Crippen LogP contribution in [0.2, 0.25) is 0 Å². The van der Waals surface area contributed by atoms with Gasteiger partial charge in [-0.2, -0.15) is 0 Å². The second kappa shape index (κ2) is 8.16. The van der Waals surface area contributed by atoms with E-state index in [0.29, 0.717) is 12.4 Å². The van der Waals surface area contributed by atoms with Gasteiger partial charge in [0, 0.05) is 10.3 Å². The van der Waals surface area contributed by atoms with Gasteiger partial charge in [0.15, 0.2) is 0 Å². The number of thiophene rings is 1. The topological polar surface area (TPSA) is 68.0 Å². The van der Waals surface area contributed by atoms with Crippen molar-refractivity contribution < 1.29 is 9.21 Å². The molecule has 0 saturated carbocycles. The maximum absolute atomic E-state index is 12.5. The highest BCUT2D eigenvalue weighted by atomic mass is 32.2. The Balaban J connectivity index is 1.55. The van der Waals surface area contributed by atoms with Crippen molar-refractivity contribution in [2.24, 2.45) is 0 Å². The standard InChI is InChI=1S/C21H19N3O2S2/c1-13(19(25)22-12-16-9-6-10-26-16)27-20-17-11-18(15-7-4-3-5-8-15)28-21(17)24-14(2)23-20/h3-11,13H,12H2,1-2H3,(H,22,25). The van der Waals surface area contributed by atoms with Gasteiger partial charge in [-0.05, 0) is 37.6 Å². The van der Waals surface area contributed by atoms with Crippen LogP contribution >= 0.6 is 23.1 Å². The smallest absolute Gasteiger partial charge is 0.233 e. The third-order valence-corrected chi connectivity index (χ3v) is 6.38. The predicted octanol–water partition coefficient (Wildman–Crippen LogP) is 5.06. The second-order valence-corrected chi connectivity index (χ2v) is 8.69. The van der Waals surface area contributed by atoms with Crippen LogP contribution in [0.4, 0.5) is 0 Å². The highest BCUT2D eigenvalue weighted by Crippen LogP contribution is 2.37. The van der Waals surface area contributed by atoms with E-state index in [1.54, 1.807) is 23.7 Å². The van der Waals surface area contributed by atoms with E-state index < -0.39 is 0 Å². The molecular weight excluding hydrogens is 390 g/mol. The Labute approximate surface area is 171 Å². The summed E-state index contributed by atoms with van der Waals surface area (Å²) in [7, 11) is 0. The fraction of sp³-hybridized carbons (Fsp3) is 0.190. The number of carbonyl (C=O) groups excluding carboxylic acids is 1. The molecule has 3 heterocycles. The van der Waals surface area contributed by atoms with Crippen molar-refractivity contribution in [2.75, 3.05) is 0 Å². The summed E-state index contributed by atoms with van der Waals surface area (Å²) >= 11 is 3.10. The highest BCUT2D eigenvalue weighted by Gasteiger charge is 2.19. The number of rotatable bonds is 6. The van der Waals surface area contributed by atoms with Crippen molar-refractivity contribution in [1.29, 1.82) is 0 Å². The largest absolute Gasteiger partial charge is 0.467 e. The van der Waals surface area contributed by atoms with Crippen LogP contribution < -0.4 is 5.32 Å². The van der Waals surface area contributed by atoms with E-state index in [2.05, 4.69) is 33.5 Å². The number of aromatic nitrogens is 2. The van der Waals surface area contributed by atoms with Crippen LogP contribution in [-0.2, 0) is 11.3 Å². The van der Waals surface area contributed by atoms with Crippen molar-refractivity contribution in [2.45, 2.75) is 30.7 Å². The first kappa shape index (κ1) is 18.7. The number of nitrogens with zero attached hydrogens (tertiary/aromatic N) is 2. The number of hydrogen-bond donors (Lipinski definition) is 1. The van der Waals surface area contributed by atoms with Crippen LogP contribution in [0.25, 0.3) is 20.7 Å². The van der Waals surface area contributed by atoms with E-state index in [1.165, 1.54) is 11.8 Å². The molecule has 0 radical (unpaired) electrons.